The molecule has 0 radical (unpaired) electrons. The summed E-state index contributed by atoms with van der Waals surface area (Å²) < 4.78 is 0. The zero-order valence-corrected chi connectivity index (χ0v) is 10.2. The van der Waals surface area contributed by atoms with Crippen LogP contribution < -0.4 is 5.32 Å². The quantitative estimate of drug-likeness (QED) is 0.688. The Morgan fingerprint density at radius 2 is 2.00 bits per heavy atom. The lowest BCUT2D eigenvalue weighted by Crippen LogP contribution is -2.37. The van der Waals surface area contributed by atoms with E-state index in [4.69, 9.17) is 5.11 Å². The topological polar surface area (TPSA) is 69.6 Å². The fourth-order valence-electron chi connectivity index (χ4n) is 2.05. The summed E-state index contributed by atoms with van der Waals surface area (Å²) in [7, 11) is 0. The second-order valence-corrected chi connectivity index (χ2v) is 4.84. The zero-order chi connectivity index (χ0) is 13.0. The largest absolute Gasteiger partial charge is 0.481 e. The van der Waals surface area contributed by atoms with Gasteiger partial charge in [-0.2, -0.15) is 0 Å². The maximum absolute atomic E-state index is 10.7. The van der Waals surface area contributed by atoms with Gasteiger partial charge in [-0.3, -0.25) is 4.79 Å². The molecule has 1 aliphatic carbocycles. The molecule has 0 saturated heterocycles. The number of aliphatic carboxylic acids is 1. The van der Waals surface area contributed by atoms with Gasteiger partial charge in [0.25, 0.3) is 0 Å². The number of carboxylic acid groups (broad SMARTS) is 1. The minimum atomic E-state index is -0.821. The molecule has 0 heterocycles. The lowest BCUT2D eigenvalue weighted by atomic mass is 9.98. The van der Waals surface area contributed by atoms with Gasteiger partial charge in [-0.15, -0.1) is 0 Å². The van der Waals surface area contributed by atoms with E-state index in [1.54, 1.807) is 0 Å². The van der Waals surface area contributed by atoms with Crippen molar-refractivity contribution in [3.8, 4) is 0 Å². The molecule has 1 aromatic carbocycles. The van der Waals surface area contributed by atoms with Crippen molar-refractivity contribution in [1.29, 1.82) is 0 Å². The first kappa shape index (κ1) is 13.1. The summed E-state index contributed by atoms with van der Waals surface area (Å²) in [4.78, 5) is 10.7. The lowest BCUT2D eigenvalue weighted by Gasteiger charge is -2.24. The third-order valence-corrected chi connectivity index (χ3v) is 3.22. The molecule has 1 saturated carbocycles. The van der Waals surface area contributed by atoms with Crippen molar-refractivity contribution in [1.82, 2.24) is 5.32 Å². The van der Waals surface area contributed by atoms with E-state index < -0.39 is 12.1 Å². The van der Waals surface area contributed by atoms with Gasteiger partial charge in [-0.25, -0.2) is 0 Å². The maximum Gasteiger partial charge on any atom is 0.303 e. The monoisotopic (exact) mass is 249 g/mol. The standard InChI is InChI=1S/C14H19NO3/c16-13(17)9-8-12(15-11-6-7-11)14(18)10-4-2-1-3-5-10/h1-5,11-12,14-15,18H,6-9H2,(H,16,17). The molecule has 1 aromatic rings. The van der Waals surface area contributed by atoms with E-state index in [-0.39, 0.29) is 12.5 Å². The molecule has 0 spiro atoms. The second-order valence-electron chi connectivity index (χ2n) is 4.84. The van der Waals surface area contributed by atoms with Gasteiger partial charge in [0.2, 0.25) is 0 Å². The van der Waals surface area contributed by atoms with Crippen molar-refractivity contribution in [2.45, 2.75) is 43.9 Å². The van der Waals surface area contributed by atoms with Crippen molar-refractivity contribution in [2.75, 3.05) is 0 Å². The van der Waals surface area contributed by atoms with Crippen LogP contribution in [0.25, 0.3) is 0 Å². The first-order valence-corrected chi connectivity index (χ1v) is 6.37. The summed E-state index contributed by atoms with van der Waals surface area (Å²) in [6, 6.07) is 9.66. The zero-order valence-electron chi connectivity index (χ0n) is 10.2. The van der Waals surface area contributed by atoms with Gasteiger partial charge >= 0.3 is 5.97 Å². The Hall–Kier alpha value is -1.39. The highest BCUT2D eigenvalue weighted by Gasteiger charge is 2.29. The number of aliphatic hydroxyl groups excluding tert-OH is 1. The van der Waals surface area contributed by atoms with Gasteiger partial charge in [0.15, 0.2) is 0 Å². The Morgan fingerprint density at radius 3 is 2.56 bits per heavy atom. The summed E-state index contributed by atoms with van der Waals surface area (Å²) in [5.41, 5.74) is 0.834. The predicted octanol–water partition coefficient (Wildman–Crippen LogP) is 1.71. The van der Waals surface area contributed by atoms with Crippen LogP contribution in [0.3, 0.4) is 0 Å². The number of benzene rings is 1. The number of carboxylic acids is 1. The molecule has 2 atom stereocenters. The predicted molar refractivity (Wildman–Crippen MR) is 68.2 cm³/mol. The molecular weight excluding hydrogens is 230 g/mol. The van der Waals surface area contributed by atoms with Crippen molar-refractivity contribution in [3.05, 3.63) is 35.9 Å². The minimum absolute atomic E-state index is 0.0777. The fraction of sp³-hybridized carbons (Fsp3) is 0.500. The Bertz CT molecular complexity index is 389. The molecule has 4 heteroatoms. The lowest BCUT2D eigenvalue weighted by molar-refractivity contribution is -0.137. The van der Waals surface area contributed by atoms with Crippen molar-refractivity contribution < 1.29 is 15.0 Å². The summed E-state index contributed by atoms with van der Waals surface area (Å²) in [6.45, 7) is 0. The number of rotatable bonds is 7. The Balaban J connectivity index is 1.99. The molecule has 0 aliphatic heterocycles. The first-order chi connectivity index (χ1) is 8.66. The maximum atomic E-state index is 10.7. The highest BCUT2D eigenvalue weighted by atomic mass is 16.4. The molecule has 4 nitrogen and oxygen atoms in total. The molecule has 2 rings (SSSR count). The van der Waals surface area contributed by atoms with Gasteiger partial charge in [-0.1, -0.05) is 30.3 Å². The molecule has 98 valence electrons. The Morgan fingerprint density at radius 1 is 1.33 bits per heavy atom. The van der Waals surface area contributed by atoms with Crippen LogP contribution in [0.4, 0.5) is 0 Å². The molecule has 1 aliphatic rings. The number of carbonyl (C=O) groups is 1. The fourth-order valence-corrected chi connectivity index (χ4v) is 2.05. The van der Waals surface area contributed by atoms with E-state index in [9.17, 15) is 9.90 Å². The number of nitrogens with one attached hydrogen (secondary N) is 1. The van der Waals surface area contributed by atoms with Crippen LogP contribution in [0.1, 0.15) is 37.4 Å². The molecule has 18 heavy (non-hydrogen) atoms. The third kappa shape index (κ3) is 3.82. The highest BCUT2D eigenvalue weighted by Crippen LogP contribution is 2.26. The van der Waals surface area contributed by atoms with E-state index in [0.717, 1.165) is 18.4 Å². The number of hydrogen-bond donors (Lipinski definition) is 3. The second kappa shape index (κ2) is 5.98. The van der Waals surface area contributed by atoms with E-state index in [1.807, 2.05) is 30.3 Å². The van der Waals surface area contributed by atoms with Crippen molar-refractivity contribution in [2.24, 2.45) is 0 Å². The van der Waals surface area contributed by atoms with Gasteiger partial charge in [-0.05, 0) is 24.8 Å². The summed E-state index contributed by atoms with van der Waals surface area (Å²) in [6.07, 6.45) is 2.11. The summed E-state index contributed by atoms with van der Waals surface area (Å²) in [5, 5.41) is 22.4. The van der Waals surface area contributed by atoms with Crippen LogP contribution in [0.2, 0.25) is 0 Å². The van der Waals surface area contributed by atoms with Crippen LogP contribution in [-0.4, -0.2) is 28.3 Å². The van der Waals surface area contributed by atoms with Crippen molar-refractivity contribution >= 4 is 5.97 Å². The normalized spacial score (nSPS) is 18.3. The van der Waals surface area contributed by atoms with E-state index in [2.05, 4.69) is 5.32 Å². The van der Waals surface area contributed by atoms with Crippen LogP contribution in [0, 0.1) is 0 Å². The van der Waals surface area contributed by atoms with Gasteiger partial charge < -0.3 is 15.5 Å². The van der Waals surface area contributed by atoms with Crippen LogP contribution in [0.15, 0.2) is 30.3 Å². The molecule has 0 amide bonds. The van der Waals surface area contributed by atoms with E-state index in [0.29, 0.717) is 12.5 Å². The number of aliphatic hydroxyl groups is 1. The van der Waals surface area contributed by atoms with Crippen LogP contribution in [0.5, 0.6) is 0 Å². The summed E-state index contributed by atoms with van der Waals surface area (Å²) >= 11 is 0. The smallest absolute Gasteiger partial charge is 0.303 e. The molecular formula is C14H19NO3. The third-order valence-electron chi connectivity index (χ3n) is 3.22. The average molecular weight is 249 g/mol. The van der Waals surface area contributed by atoms with Crippen LogP contribution >= 0.6 is 0 Å². The van der Waals surface area contributed by atoms with Gasteiger partial charge in [0.05, 0.1) is 6.10 Å². The first-order valence-electron chi connectivity index (χ1n) is 6.37. The SMILES string of the molecule is O=C(O)CCC(NC1CC1)C(O)c1ccccc1. The highest BCUT2D eigenvalue weighted by molar-refractivity contribution is 5.66. The Labute approximate surface area is 107 Å². The van der Waals surface area contributed by atoms with Gasteiger partial charge in [0.1, 0.15) is 0 Å². The van der Waals surface area contributed by atoms with Gasteiger partial charge in [0, 0.05) is 18.5 Å². The van der Waals surface area contributed by atoms with E-state index >= 15 is 0 Å². The molecule has 0 aromatic heterocycles. The molecule has 2 unspecified atom stereocenters. The minimum Gasteiger partial charge on any atom is -0.481 e. The average Bonchev–Trinajstić information content (AvgIpc) is 3.18. The van der Waals surface area contributed by atoms with Crippen molar-refractivity contribution in [3.63, 3.8) is 0 Å². The number of hydrogen-bond acceptors (Lipinski definition) is 3. The van der Waals surface area contributed by atoms with E-state index in [1.165, 1.54) is 0 Å². The summed E-state index contributed by atoms with van der Waals surface area (Å²) in [5.74, 6) is -0.821. The molecule has 3 N–H and O–H groups in total. The molecule has 0 bridgehead atoms. The molecule has 1 fully saturated rings. The Kier molecular flexibility index (Phi) is 4.33. The van der Waals surface area contributed by atoms with Crippen LogP contribution in [-0.2, 0) is 4.79 Å².